The Morgan fingerprint density at radius 2 is 1.65 bits per heavy atom. The van der Waals surface area contributed by atoms with Crippen LogP contribution in [0.25, 0.3) is 0 Å². The van der Waals surface area contributed by atoms with Crippen LogP contribution in [0.4, 0.5) is 18.9 Å². The summed E-state index contributed by atoms with van der Waals surface area (Å²) in [7, 11) is 0. The predicted octanol–water partition coefficient (Wildman–Crippen LogP) is 3.45. The number of carbonyl (C=O) groups excluding carboxylic acids is 1. The Labute approximate surface area is 120 Å². The van der Waals surface area contributed by atoms with Crippen LogP contribution in [-0.4, -0.2) is 16.1 Å². The molecule has 20 heavy (non-hydrogen) atoms. The average Bonchev–Trinajstić information content (AvgIpc) is 2.38. The van der Waals surface area contributed by atoms with Crippen molar-refractivity contribution in [2.24, 2.45) is 0 Å². The Morgan fingerprint density at radius 1 is 1.00 bits per heavy atom. The van der Waals surface area contributed by atoms with Gasteiger partial charge in [0.25, 0.3) is 5.91 Å². The molecule has 0 aliphatic heterocycles. The quantitative estimate of drug-likeness (QED) is 0.862. The summed E-state index contributed by atoms with van der Waals surface area (Å²) in [6.07, 6.45) is 0. The van der Waals surface area contributed by atoms with Crippen LogP contribution in [0.15, 0.2) is 18.2 Å². The van der Waals surface area contributed by atoms with Gasteiger partial charge in [0.2, 0.25) is 0 Å². The van der Waals surface area contributed by atoms with Gasteiger partial charge in [0.15, 0.2) is 21.9 Å². The minimum Gasteiger partial charge on any atom is -0.319 e. The zero-order chi connectivity index (χ0) is 14.9. The van der Waals surface area contributed by atoms with E-state index in [9.17, 15) is 18.0 Å². The summed E-state index contributed by atoms with van der Waals surface area (Å²) < 4.78 is 39.1. The highest BCUT2D eigenvalue weighted by atomic mass is 35.5. The summed E-state index contributed by atoms with van der Waals surface area (Å²) >= 11 is 11.2. The molecule has 0 bridgehead atoms. The highest BCUT2D eigenvalue weighted by Crippen LogP contribution is 2.21. The smallest absolute Gasteiger partial charge is 0.259 e. The van der Waals surface area contributed by atoms with Crippen LogP contribution in [0.1, 0.15) is 10.4 Å². The van der Waals surface area contributed by atoms with Crippen LogP contribution < -0.4 is 5.32 Å². The van der Waals surface area contributed by atoms with Gasteiger partial charge in [-0.2, -0.15) is 0 Å². The maximum Gasteiger partial charge on any atom is 0.259 e. The summed E-state index contributed by atoms with van der Waals surface area (Å²) in [4.78, 5) is 11.8. The third kappa shape index (κ3) is 3.00. The molecule has 1 aromatic carbocycles. The predicted molar refractivity (Wildman–Crippen MR) is 66.3 cm³/mol. The molecule has 0 radical (unpaired) electrons. The van der Waals surface area contributed by atoms with Gasteiger partial charge in [0, 0.05) is 12.1 Å². The van der Waals surface area contributed by atoms with Crippen molar-refractivity contribution >= 4 is 34.8 Å². The van der Waals surface area contributed by atoms with Crippen LogP contribution >= 0.6 is 23.2 Å². The number of amides is 1. The molecular formula is C11H4Cl2F3N3O. The topological polar surface area (TPSA) is 54.9 Å². The normalized spacial score (nSPS) is 10.4. The van der Waals surface area contributed by atoms with Gasteiger partial charge in [0.05, 0.1) is 11.3 Å². The van der Waals surface area contributed by atoms with Gasteiger partial charge < -0.3 is 5.32 Å². The zero-order valence-corrected chi connectivity index (χ0v) is 10.9. The van der Waals surface area contributed by atoms with E-state index >= 15 is 0 Å². The molecule has 4 nitrogen and oxygen atoms in total. The molecule has 2 rings (SSSR count). The Balaban J connectivity index is 2.32. The van der Waals surface area contributed by atoms with E-state index in [-0.39, 0.29) is 15.9 Å². The van der Waals surface area contributed by atoms with Gasteiger partial charge in [0.1, 0.15) is 5.82 Å². The monoisotopic (exact) mass is 321 g/mol. The molecule has 0 spiro atoms. The molecule has 104 valence electrons. The minimum atomic E-state index is -1.37. The first-order valence-electron chi connectivity index (χ1n) is 5.03. The number of anilines is 1. The van der Waals surface area contributed by atoms with Crippen molar-refractivity contribution in [2.45, 2.75) is 0 Å². The number of hydrogen-bond donors (Lipinski definition) is 1. The summed E-state index contributed by atoms with van der Waals surface area (Å²) in [5, 5.41) is 8.44. The van der Waals surface area contributed by atoms with Crippen molar-refractivity contribution in [3.05, 3.63) is 51.5 Å². The number of benzene rings is 1. The third-order valence-electron chi connectivity index (χ3n) is 2.22. The SMILES string of the molecule is O=C(Nc1cc(F)c(F)cc1F)c1cc(Cl)nnc1Cl. The number of nitrogens with one attached hydrogen (secondary N) is 1. The molecule has 2 aromatic rings. The van der Waals surface area contributed by atoms with E-state index in [1.54, 1.807) is 0 Å². The second-order valence-electron chi connectivity index (χ2n) is 3.57. The van der Waals surface area contributed by atoms with Crippen LogP contribution in [0.3, 0.4) is 0 Å². The molecule has 0 saturated heterocycles. The lowest BCUT2D eigenvalue weighted by atomic mass is 10.2. The molecule has 1 aromatic heterocycles. The number of rotatable bonds is 2. The van der Waals surface area contributed by atoms with Gasteiger partial charge in [-0.1, -0.05) is 23.2 Å². The molecule has 1 N–H and O–H groups in total. The number of halogens is 5. The van der Waals surface area contributed by atoms with E-state index in [1.165, 1.54) is 0 Å². The maximum absolute atomic E-state index is 13.4. The van der Waals surface area contributed by atoms with E-state index in [0.29, 0.717) is 12.1 Å². The first kappa shape index (κ1) is 14.5. The largest absolute Gasteiger partial charge is 0.319 e. The highest BCUT2D eigenvalue weighted by molar-refractivity contribution is 6.34. The van der Waals surface area contributed by atoms with Crippen molar-refractivity contribution in [3.63, 3.8) is 0 Å². The fourth-order valence-electron chi connectivity index (χ4n) is 1.32. The fraction of sp³-hybridized carbons (Fsp3) is 0. The van der Waals surface area contributed by atoms with Gasteiger partial charge in [-0.15, -0.1) is 10.2 Å². The lowest BCUT2D eigenvalue weighted by molar-refractivity contribution is 0.102. The van der Waals surface area contributed by atoms with Crippen molar-refractivity contribution in [3.8, 4) is 0 Å². The first-order chi connectivity index (χ1) is 9.38. The van der Waals surface area contributed by atoms with Gasteiger partial charge in [-0.3, -0.25) is 4.79 Å². The second kappa shape index (κ2) is 5.64. The molecule has 0 atom stereocenters. The van der Waals surface area contributed by atoms with E-state index in [4.69, 9.17) is 23.2 Å². The van der Waals surface area contributed by atoms with Gasteiger partial charge in [-0.25, -0.2) is 13.2 Å². The summed E-state index contributed by atoms with van der Waals surface area (Å²) in [5.74, 6) is -4.70. The Hall–Kier alpha value is -1.86. The van der Waals surface area contributed by atoms with Crippen LogP contribution in [0.5, 0.6) is 0 Å². The molecule has 0 aliphatic carbocycles. The molecule has 0 aliphatic rings. The molecule has 0 unspecified atom stereocenters. The maximum atomic E-state index is 13.4. The molecule has 1 heterocycles. The zero-order valence-electron chi connectivity index (χ0n) is 9.42. The molecule has 9 heteroatoms. The number of aromatic nitrogens is 2. The molecule has 0 fully saturated rings. The van der Waals surface area contributed by atoms with Gasteiger partial charge >= 0.3 is 0 Å². The fourth-order valence-corrected chi connectivity index (χ4v) is 1.65. The van der Waals surface area contributed by atoms with Crippen molar-refractivity contribution in [1.82, 2.24) is 10.2 Å². The third-order valence-corrected chi connectivity index (χ3v) is 2.69. The van der Waals surface area contributed by atoms with Crippen molar-refractivity contribution in [1.29, 1.82) is 0 Å². The summed E-state index contributed by atoms with van der Waals surface area (Å²) in [5.41, 5.74) is -0.728. The number of hydrogen-bond acceptors (Lipinski definition) is 3. The Kier molecular flexibility index (Phi) is 4.10. The standard InChI is InChI=1S/C11H4Cl2F3N3O/c12-9-1-4(10(13)19-18-9)11(20)17-8-3-6(15)5(14)2-7(8)16/h1-3H,(H,17,20). The second-order valence-corrected chi connectivity index (χ2v) is 4.32. The van der Waals surface area contributed by atoms with Crippen molar-refractivity contribution < 1.29 is 18.0 Å². The van der Waals surface area contributed by atoms with Crippen LogP contribution in [-0.2, 0) is 0 Å². The summed E-state index contributed by atoms with van der Waals surface area (Å²) in [6.45, 7) is 0. The molecule has 1 amide bonds. The summed E-state index contributed by atoms with van der Waals surface area (Å²) in [6, 6.07) is 1.92. The average molecular weight is 322 g/mol. The first-order valence-corrected chi connectivity index (χ1v) is 5.78. The van der Waals surface area contributed by atoms with Crippen LogP contribution in [0, 0.1) is 17.5 Å². The lowest BCUT2D eigenvalue weighted by Gasteiger charge is -2.07. The van der Waals surface area contributed by atoms with E-state index in [0.717, 1.165) is 6.07 Å². The van der Waals surface area contributed by atoms with Crippen molar-refractivity contribution in [2.75, 3.05) is 5.32 Å². The number of carbonyl (C=O) groups is 1. The van der Waals surface area contributed by atoms with Crippen LogP contribution in [0.2, 0.25) is 10.3 Å². The van der Waals surface area contributed by atoms with E-state index in [2.05, 4.69) is 10.2 Å². The van der Waals surface area contributed by atoms with Gasteiger partial charge in [-0.05, 0) is 6.07 Å². The minimum absolute atomic E-state index is 0.106. The Morgan fingerprint density at radius 3 is 2.35 bits per heavy atom. The highest BCUT2D eigenvalue weighted by Gasteiger charge is 2.17. The molecular weight excluding hydrogens is 318 g/mol. The number of nitrogens with zero attached hydrogens (tertiary/aromatic N) is 2. The Bertz CT molecular complexity index is 697. The lowest BCUT2D eigenvalue weighted by Crippen LogP contribution is -2.15. The van der Waals surface area contributed by atoms with E-state index in [1.807, 2.05) is 5.32 Å². The molecule has 0 saturated carbocycles. The van der Waals surface area contributed by atoms with E-state index < -0.39 is 29.0 Å².